The van der Waals surface area contributed by atoms with Crippen LogP contribution in [0.3, 0.4) is 0 Å². The van der Waals surface area contributed by atoms with Gasteiger partial charge in [0.2, 0.25) is 0 Å². The fraction of sp³-hybridized carbons (Fsp3) is 0.263. The number of nitrogens with zero attached hydrogens (tertiary/aromatic N) is 1. The molecule has 2 aromatic carbocycles. The number of benzene rings is 2. The SMILES string of the molecule is c1ccc(Sc2csc3ccccc23)c(CN2CCSCC2)c1. The second-order valence-electron chi connectivity index (χ2n) is 5.69. The van der Waals surface area contributed by atoms with Crippen molar-refractivity contribution in [2.75, 3.05) is 24.6 Å². The molecular formula is C19H19NS3. The van der Waals surface area contributed by atoms with Gasteiger partial charge in [0, 0.05) is 56.4 Å². The largest absolute Gasteiger partial charge is 0.297 e. The summed E-state index contributed by atoms with van der Waals surface area (Å²) in [5.74, 6) is 2.54. The Morgan fingerprint density at radius 3 is 2.61 bits per heavy atom. The summed E-state index contributed by atoms with van der Waals surface area (Å²) in [5, 5.41) is 3.68. The average molecular weight is 358 g/mol. The summed E-state index contributed by atoms with van der Waals surface area (Å²) in [6.45, 7) is 3.50. The maximum Gasteiger partial charge on any atom is 0.0354 e. The highest BCUT2D eigenvalue weighted by atomic mass is 32.2. The molecule has 0 radical (unpaired) electrons. The van der Waals surface area contributed by atoms with Gasteiger partial charge in [0.15, 0.2) is 0 Å². The van der Waals surface area contributed by atoms with Crippen LogP contribution < -0.4 is 0 Å². The number of thioether (sulfide) groups is 1. The summed E-state index contributed by atoms with van der Waals surface area (Å²) in [6, 6.07) is 17.6. The molecule has 0 unspecified atom stereocenters. The van der Waals surface area contributed by atoms with Crippen molar-refractivity contribution < 1.29 is 0 Å². The van der Waals surface area contributed by atoms with E-state index in [1.807, 2.05) is 23.1 Å². The number of rotatable bonds is 4. The highest BCUT2D eigenvalue weighted by molar-refractivity contribution is 7.99. The minimum atomic E-state index is 1.08. The molecule has 4 heteroatoms. The lowest BCUT2D eigenvalue weighted by molar-refractivity contribution is 0.292. The van der Waals surface area contributed by atoms with Crippen molar-refractivity contribution in [1.82, 2.24) is 4.90 Å². The molecule has 0 amide bonds. The molecule has 1 aromatic heterocycles. The Hall–Kier alpha value is -0.940. The van der Waals surface area contributed by atoms with E-state index >= 15 is 0 Å². The second kappa shape index (κ2) is 7.31. The van der Waals surface area contributed by atoms with Gasteiger partial charge in [-0.05, 0) is 17.7 Å². The fourth-order valence-electron chi connectivity index (χ4n) is 2.89. The third-order valence-electron chi connectivity index (χ3n) is 4.14. The smallest absolute Gasteiger partial charge is 0.0354 e. The third kappa shape index (κ3) is 3.61. The first-order chi connectivity index (χ1) is 11.4. The molecule has 0 aliphatic carbocycles. The summed E-state index contributed by atoms with van der Waals surface area (Å²) in [5.41, 5.74) is 1.46. The molecule has 3 aromatic rings. The third-order valence-corrected chi connectivity index (χ3v) is 7.37. The van der Waals surface area contributed by atoms with Crippen molar-refractivity contribution in [2.24, 2.45) is 0 Å². The zero-order valence-electron chi connectivity index (χ0n) is 12.9. The van der Waals surface area contributed by atoms with Gasteiger partial charge in [0.25, 0.3) is 0 Å². The van der Waals surface area contributed by atoms with Crippen LogP contribution in [0, 0.1) is 0 Å². The summed E-state index contributed by atoms with van der Waals surface area (Å²) < 4.78 is 1.38. The van der Waals surface area contributed by atoms with Gasteiger partial charge < -0.3 is 0 Å². The van der Waals surface area contributed by atoms with Gasteiger partial charge in [-0.1, -0.05) is 48.2 Å². The number of fused-ring (bicyclic) bond motifs is 1. The van der Waals surface area contributed by atoms with Crippen LogP contribution in [0.5, 0.6) is 0 Å². The Morgan fingerprint density at radius 2 is 1.70 bits per heavy atom. The highest BCUT2D eigenvalue weighted by Crippen LogP contribution is 2.38. The van der Waals surface area contributed by atoms with E-state index in [4.69, 9.17) is 0 Å². The van der Waals surface area contributed by atoms with Crippen LogP contribution in [0.25, 0.3) is 10.1 Å². The normalized spacial score (nSPS) is 16.0. The van der Waals surface area contributed by atoms with E-state index in [0.717, 1.165) is 6.54 Å². The molecule has 1 aliphatic rings. The minimum absolute atomic E-state index is 1.08. The van der Waals surface area contributed by atoms with Crippen LogP contribution in [0.1, 0.15) is 5.56 Å². The van der Waals surface area contributed by atoms with Crippen LogP contribution in [-0.4, -0.2) is 29.5 Å². The van der Waals surface area contributed by atoms with Gasteiger partial charge >= 0.3 is 0 Å². The second-order valence-corrected chi connectivity index (χ2v) is 8.91. The molecule has 2 heterocycles. The first-order valence-corrected chi connectivity index (χ1v) is 10.8. The lowest BCUT2D eigenvalue weighted by Gasteiger charge is -2.26. The van der Waals surface area contributed by atoms with E-state index in [0.29, 0.717) is 0 Å². The van der Waals surface area contributed by atoms with Crippen LogP contribution in [0.4, 0.5) is 0 Å². The topological polar surface area (TPSA) is 3.24 Å². The Morgan fingerprint density at radius 1 is 0.913 bits per heavy atom. The molecule has 1 nitrogen and oxygen atoms in total. The molecule has 0 saturated carbocycles. The minimum Gasteiger partial charge on any atom is -0.297 e. The van der Waals surface area contributed by atoms with Crippen LogP contribution >= 0.6 is 34.9 Å². The molecule has 118 valence electrons. The molecular weight excluding hydrogens is 338 g/mol. The molecule has 0 N–H and O–H groups in total. The van der Waals surface area contributed by atoms with E-state index < -0.39 is 0 Å². The van der Waals surface area contributed by atoms with Crippen LogP contribution in [0.2, 0.25) is 0 Å². The number of thiophene rings is 1. The zero-order valence-corrected chi connectivity index (χ0v) is 15.4. The lowest BCUT2D eigenvalue weighted by Crippen LogP contribution is -2.32. The van der Waals surface area contributed by atoms with Crippen molar-refractivity contribution >= 4 is 44.9 Å². The highest BCUT2D eigenvalue weighted by Gasteiger charge is 2.14. The van der Waals surface area contributed by atoms with Gasteiger partial charge in [-0.15, -0.1) is 11.3 Å². The Labute approximate surface area is 150 Å². The van der Waals surface area contributed by atoms with E-state index in [-0.39, 0.29) is 0 Å². The summed E-state index contributed by atoms with van der Waals surface area (Å²) in [6.07, 6.45) is 0. The van der Waals surface area contributed by atoms with Gasteiger partial charge in [-0.2, -0.15) is 11.8 Å². The molecule has 1 fully saturated rings. The van der Waals surface area contributed by atoms with Crippen molar-refractivity contribution in [3.05, 3.63) is 59.5 Å². The molecule has 0 atom stereocenters. The van der Waals surface area contributed by atoms with E-state index in [2.05, 4.69) is 70.6 Å². The molecule has 1 aliphatic heterocycles. The lowest BCUT2D eigenvalue weighted by atomic mass is 10.2. The van der Waals surface area contributed by atoms with E-state index in [1.165, 1.54) is 50.0 Å². The van der Waals surface area contributed by atoms with Crippen LogP contribution in [-0.2, 0) is 6.54 Å². The summed E-state index contributed by atoms with van der Waals surface area (Å²) >= 11 is 5.83. The van der Waals surface area contributed by atoms with Gasteiger partial charge in [-0.3, -0.25) is 4.90 Å². The van der Waals surface area contributed by atoms with Gasteiger partial charge in [0.05, 0.1) is 0 Å². The Balaban J connectivity index is 1.59. The number of hydrogen-bond donors (Lipinski definition) is 0. The predicted molar refractivity (Wildman–Crippen MR) is 105 cm³/mol. The maximum absolute atomic E-state index is 2.58. The average Bonchev–Trinajstić information content (AvgIpc) is 3.01. The summed E-state index contributed by atoms with van der Waals surface area (Å²) in [4.78, 5) is 5.36. The summed E-state index contributed by atoms with van der Waals surface area (Å²) in [7, 11) is 0. The first-order valence-electron chi connectivity index (χ1n) is 7.92. The predicted octanol–water partition coefficient (Wildman–Crippen LogP) is 5.60. The fourth-order valence-corrected chi connectivity index (χ4v) is 6.02. The van der Waals surface area contributed by atoms with Gasteiger partial charge in [-0.25, -0.2) is 0 Å². The molecule has 1 saturated heterocycles. The van der Waals surface area contributed by atoms with Gasteiger partial charge in [0.1, 0.15) is 0 Å². The number of hydrogen-bond acceptors (Lipinski definition) is 4. The molecule has 23 heavy (non-hydrogen) atoms. The molecule has 0 bridgehead atoms. The van der Waals surface area contributed by atoms with Crippen molar-refractivity contribution in [1.29, 1.82) is 0 Å². The Bertz CT molecular complexity index is 790. The van der Waals surface area contributed by atoms with E-state index in [9.17, 15) is 0 Å². The van der Waals surface area contributed by atoms with Crippen LogP contribution in [0.15, 0.2) is 63.7 Å². The Kier molecular flexibility index (Phi) is 4.95. The zero-order chi connectivity index (χ0) is 15.5. The first kappa shape index (κ1) is 15.6. The molecule has 4 rings (SSSR count). The molecule has 0 spiro atoms. The van der Waals surface area contributed by atoms with Crippen molar-refractivity contribution in [2.45, 2.75) is 16.3 Å². The quantitative estimate of drug-likeness (QED) is 0.598. The standard InChI is InChI=1S/C19H19NS3/c1-3-7-17(15(5-1)13-20-9-11-21-12-10-20)23-19-14-22-18-8-4-2-6-16(18)19/h1-8,14H,9-13H2. The van der Waals surface area contributed by atoms with Crippen molar-refractivity contribution in [3.8, 4) is 0 Å². The van der Waals surface area contributed by atoms with E-state index in [1.54, 1.807) is 0 Å². The van der Waals surface area contributed by atoms with Crippen molar-refractivity contribution in [3.63, 3.8) is 0 Å². The maximum atomic E-state index is 2.58. The monoisotopic (exact) mass is 357 g/mol.